The summed E-state index contributed by atoms with van der Waals surface area (Å²) >= 11 is 3.33. The molecule has 2 rings (SSSR count). The van der Waals surface area contributed by atoms with E-state index >= 15 is 0 Å². The third kappa shape index (κ3) is 1.62. The maximum atomic E-state index is 10.1. The van der Waals surface area contributed by atoms with Gasteiger partial charge in [0.05, 0.1) is 11.6 Å². The molecule has 0 amide bonds. The summed E-state index contributed by atoms with van der Waals surface area (Å²) < 4.78 is 5.91. The van der Waals surface area contributed by atoms with E-state index < -0.39 is 0 Å². The zero-order chi connectivity index (χ0) is 11.1. The highest BCUT2D eigenvalue weighted by Gasteiger charge is 2.45. The molecular weight excluding hydrogens is 258 g/mol. The molecule has 1 aliphatic carbocycles. The van der Waals surface area contributed by atoms with E-state index in [2.05, 4.69) is 15.9 Å². The quantitative estimate of drug-likeness (QED) is 0.886. The molecule has 0 saturated heterocycles. The minimum atomic E-state index is -0.0158. The highest BCUT2D eigenvalue weighted by atomic mass is 79.9. The zero-order valence-corrected chi connectivity index (χ0v) is 10.2. The number of hydrogen-bond acceptors (Lipinski definition) is 3. The van der Waals surface area contributed by atoms with Crippen molar-refractivity contribution in [2.45, 2.75) is 18.3 Å². The molecular formula is C11H14BrNO2. The number of methoxy groups -OCH3 is 1. The van der Waals surface area contributed by atoms with Crippen LogP contribution in [0.1, 0.15) is 18.4 Å². The van der Waals surface area contributed by atoms with Crippen LogP contribution in [0.2, 0.25) is 0 Å². The van der Waals surface area contributed by atoms with Gasteiger partial charge in [-0.15, -0.1) is 0 Å². The first kappa shape index (κ1) is 10.8. The van der Waals surface area contributed by atoms with Crippen LogP contribution in [0.15, 0.2) is 16.6 Å². The summed E-state index contributed by atoms with van der Waals surface area (Å²) in [7, 11) is 1.55. The second-order valence-corrected chi connectivity index (χ2v) is 4.82. The first-order valence-corrected chi connectivity index (χ1v) is 5.70. The third-order valence-corrected chi connectivity index (χ3v) is 3.73. The number of ether oxygens (including phenoxy) is 1. The van der Waals surface area contributed by atoms with E-state index in [-0.39, 0.29) is 11.2 Å². The van der Waals surface area contributed by atoms with Crippen LogP contribution in [-0.4, -0.2) is 18.8 Å². The molecule has 0 bridgehead atoms. The van der Waals surface area contributed by atoms with Crippen LogP contribution < -0.4 is 10.5 Å². The lowest BCUT2D eigenvalue weighted by Crippen LogP contribution is -2.19. The van der Waals surface area contributed by atoms with Gasteiger partial charge in [0, 0.05) is 17.5 Å². The SMILES string of the molecule is COc1c(Br)ccc(C2(CN)CC2)c1O. The molecule has 3 N–H and O–H groups in total. The number of hydrogen-bond donors (Lipinski definition) is 2. The highest BCUT2D eigenvalue weighted by molar-refractivity contribution is 9.10. The van der Waals surface area contributed by atoms with Gasteiger partial charge in [-0.3, -0.25) is 0 Å². The molecule has 0 heterocycles. The first-order chi connectivity index (χ1) is 7.14. The molecule has 3 nitrogen and oxygen atoms in total. The molecule has 0 atom stereocenters. The Hall–Kier alpha value is -0.740. The summed E-state index contributed by atoms with van der Waals surface area (Å²) in [6.07, 6.45) is 2.09. The van der Waals surface area contributed by atoms with Crippen molar-refractivity contribution in [3.8, 4) is 11.5 Å². The minimum absolute atomic E-state index is 0.0158. The molecule has 15 heavy (non-hydrogen) atoms. The van der Waals surface area contributed by atoms with Crippen LogP contribution in [-0.2, 0) is 5.41 Å². The topological polar surface area (TPSA) is 55.5 Å². The molecule has 1 aromatic carbocycles. The van der Waals surface area contributed by atoms with Crippen molar-refractivity contribution < 1.29 is 9.84 Å². The molecule has 0 radical (unpaired) electrons. The highest BCUT2D eigenvalue weighted by Crippen LogP contribution is 2.53. The van der Waals surface area contributed by atoms with Gasteiger partial charge < -0.3 is 15.6 Å². The van der Waals surface area contributed by atoms with Gasteiger partial charge in [0.1, 0.15) is 0 Å². The van der Waals surface area contributed by atoms with Crippen molar-refractivity contribution >= 4 is 15.9 Å². The maximum Gasteiger partial charge on any atom is 0.174 e. The van der Waals surface area contributed by atoms with Crippen molar-refractivity contribution in [3.05, 3.63) is 22.2 Å². The lowest BCUT2D eigenvalue weighted by Gasteiger charge is -2.17. The van der Waals surface area contributed by atoms with Crippen molar-refractivity contribution in [3.63, 3.8) is 0 Å². The van der Waals surface area contributed by atoms with Gasteiger partial charge in [0.2, 0.25) is 0 Å². The Morgan fingerprint density at radius 3 is 2.67 bits per heavy atom. The fourth-order valence-electron chi connectivity index (χ4n) is 1.90. The van der Waals surface area contributed by atoms with Crippen LogP contribution >= 0.6 is 15.9 Å². The Morgan fingerprint density at radius 2 is 2.20 bits per heavy atom. The Bertz CT molecular complexity index is 388. The van der Waals surface area contributed by atoms with Crippen LogP contribution in [0.4, 0.5) is 0 Å². The third-order valence-electron chi connectivity index (χ3n) is 3.10. The Balaban J connectivity index is 2.50. The molecule has 1 fully saturated rings. The number of nitrogens with two attached hydrogens (primary N) is 1. The molecule has 0 unspecified atom stereocenters. The second-order valence-electron chi connectivity index (χ2n) is 3.96. The van der Waals surface area contributed by atoms with Gasteiger partial charge in [-0.2, -0.15) is 0 Å². The number of halogens is 1. The van der Waals surface area contributed by atoms with Gasteiger partial charge in [-0.05, 0) is 34.8 Å². The Morgan fingerprint density at radius 1 is 1.53 bits per heavy atom. The summed E-state index contributed by atoms with van der Waals surface area (Å²) in [5.41, 5.74) is 6.63. The molecule has 1 aromatic rings. The summed E-state index contributed by atoms with van der Waals surface area (Å²) in [4.78, 5) is 0. The summed E-state index contributed by atoms with van der Waals surface area (Å²) in [6.45, 7) is 0.575. The molecule has 0 aromatic heterocycles. The molecule has 1 aliphatic rings. The van der Waals surface area contributed by atoms with Gasteiger partial charge >= 0.3 is 0 Å². The second kappa shape index (κ2) is 3.68. The fraction of sp³-hybridized carbons (Fsp3) is 0.455. The lowest BCUT2D eigenvalue weighted by molar-refractivity contribution is 0.365. The largest absolute Gasteiger partial charge is 0.504 e. The van der Waals surface area contributed by atoms with Gasteiger partial charge in [-0.25, -0.2) is 0 Å². The van der Waals surface area contributed by atoms with Crippen molar-refractivity contribution in [1.29, 1.82) is 0 Å². The van der Waals surface area contributed by atoms with Crippen LogP contribution in [0.3, 0.4) is 0 Å². The van der Waals surface area contributed by atoms with E-state index in [1.165, 1.54) is 0 Å². The van der Waals surface area contributed by atoms with Crippen LogP contribution in [0.25, 0.3) is 0 Å². The molecule has 0 aliphatic heterocycles. The van der Waals surface area contributed by atoms with E-state index in [4.69, 9.17) is 10.5 Å². The van der Waals surface area contributed by atoms with Crippen molar-refractivity contribution in [1.82, 2.24) is 0 Å². The zero-order valence-electron chi connectivity index (χ0n) is 8.59. The standard InChI is InChI=1S/C11H14BrNO2/c1-15-10-8(12)3-2-7(9(10)14)11(6-13)4-5-11/h2-3,14H,4-6,13H2,1H3. The lowest BCUT2D eigenvalue weighted by atomic mass is 9.95. The summed E-state index contributed by atoms with van der Waals surface area (Å²) in [6, 6.07) is 3.81. The summed E-state index contributed by atoms with van der Waals surface area (Å²) in [5.74, 6) is 0.710. The van der Waals surface area contributed by atoms with Gasteiger partial charge in [0.25, 0.3) is 0 Å². The van der Waals surface area contributed by atoms with Crippen LogP contribution in [0.5, 0.6) is 11.5 Å². The number of aromatic hydroxyl groups is 1. The predicted octanol–water partition coefficient (Wildman–Crippen LogP) is 2.15. The maximum absolute atomic E-state index is 10.1. The fourth-order valence-corrected chi connectivity index (χ4v) is 2.38. The van der Waals surface area contributed by atoms with E-state index in [1.54, 1.807) is 7.11 Å². The minimum Gasteiger partial charge on any atom is -0.504 e. The van der Waals surface area contributed by atoms with Gasteiger partial charge in [-0.1, -0.05) is 6.07 Å². The molecule has 1 saturated carbocycles. The normalized spacial score (nSPS) is 17.5. The molecule has 0 spiro atoms. The average Bonchev–Trinajstić information content (AvgIpc) is 2.99. The smallest absolute Gasteiger partial charge is 0.174 e. The molecule has 82 valence electrons. The predicted molar refractivity (Wildman–Crippen MR) is 62.3 cm³/mol. The van der Waals surface area contributed by atoms with Gasteiger partial charge in [0.15, 0.2) is 11.5 Å². The first-order valence-electron chi connectivity index (χ1n) is 4.90. The number of phenolic OH excluding ortho intramolecular Hbond substituents is 1. The molecule has 4 heteroatoms. The van der Waals surface area contributed by atoms with Crippen molar-refractivity contribution in [2.75, 3.05) is 13.7 Å². The Kier molecular flexibility index (Phi) is 2.64. The average molecular weight is 272 g/mol. The Labute approximate surface area is 97.4 Å². The van der Waals surface area contributed by atoms with E-state index in [0.29, 0.717) is 12.3 Å². The number of phenols is 1. The van der Waals surface area contributed by atoms with E-state index in [9.17, 15) is 5.11 Å². The van der Waals surface area contributed by atoms with E-state index in [0.717, 1.165) is 22.9 Å². The van der Waals surface area contributed by atoms with Crippen LogP contribution in [0, 0.1) is 0 Å². The van der Waals surface area contributed by atoms with Crippen molar-refractivity contribution in [2.24, 2.45) is 5.73 Å². The monoisotopic (exact) mass is 271 g/mol. The number of rotatable bonds is 3. The summed E-state index contributed by atoms with van der Waals surface area (Å²) in [5, 5.41) is 10.1. The van der Waals surface area contributed by atoms with E-state index in [1.807, 2.05) is 12.1 Å². The number of benzene rings is 1.